The normalized spacial score (nSPS) is 12.6. The number of pyridine rings is 1. The van der Waals surface area contributed by atoms with Crippen LogP contribution in [0.3, 0.4) is 0 Å². The van der Waals surface area contributed by atoms with E-state index in [1.165, 1.54) is 11.1 Å². The first-order chi connectivity index (χ1) is 7.88. The minimum atomic E-state index is 0.275. The average Bonchev–Trinajstić information content (AvgIpc) is 2.82. The zero-order chi connectivity index (χ0) is 11.2. The van der Waals surface area contributed by atoms with Crippen LogP contribution in [0.1, 0.15) is 11.1 Å². The van der Waals surface area contributed by atoms with Crippen molar-refractivity contribution >= 4 is 11.3 Å². The van der Waals surface area contributed by atoms with E-state index in [9.17, 15) is 0 Å². The molecule has 0 saturated carbocycles. The van der Waals surface area contributed by atoms with E-state index in [1.54, 1.807) is 11.3 Å². The molecule has 2 heterocycles. The van der Waals surface area contributed by atoms with Crippen LogP contribution in [0.25, 0.3) is 0 Å². The van der Waals surface area contributed by atoms with Crippen LogP contribution in [-0.2, 0) is 12.8 Å². The van der Waals surface area contributed by atoms with Crippen LogP contribution >= 0.6 is 11.3 Å². The first kappa shape index (κ1) is 11.3. The molecule has 0 spiro atoms. The van der Waals surface area contributed by atoms with Gasteiger partial charge in [-0.05, 0) is 52.9 Å². The monoisotopic (exact) mass is 233 g/mol. The van der Waals surface area contributed by atoms with E-state index in [-0.39, 0.29) is 6.04 Å². The van der Waals surface area contributed by atoms with Gasteiger partial charge in [-0.3, -0.25) is 16.3 Å². The molecule has 3 nitrogen and oxygen atoms in total. The van der Waals surface area contributed by atoms with Gasteiger partial charge in [0.1, 0.15) is 0 Å². The van der Waals surface area contributed by atoms with E-state index in [0.29, 0.717) is 0 Å². The Kier molecular flexibility index (Phi) is 4.04. The molecule has 0 aliphatic rings. The van der Waals surface area contributed by atoms with Gasteiger partial charge in [0.15, 0.2) is 0 Å². The maximum Gasteiger partial charge on any atom is 0.0291 e. The van der Waals surface area contributed by atoms with Crippen LogP contribution in [-0.4, -0.2) is 11.0 Å². The van der Waals surface area contributed by atoms with E-state index in [4.69, 9.17) is 5.84 Å². The first-order valence-electron chi connectivity index (χ1n) is 5.24. The number of thiophene rings is 1. The van der Waals surface area contributed by atoms with E-state index >= 15 is 0 Å². The highest BCUT2D eigenvalue weighted by Gasteiger charge is 2.08. The lowest BCUT2D eigenvalue weighted by molar-refractivity contribution is 0.523. The zero-order valence-electron chi connectivity index (χ0n) is 8.97. The van der Waals surface area contributed by atoms with Gasteiger partial charge in [-0.2, -0.15) is 11.3 Å². The lowest BCUT2D eigenvalue weighted by atomic mass is 10.0. The highest BCUT2D eigenvalue weighted by molar-refractivity contribution is 7.07. The summed E-state index contributed by atoms with van der Waals surface area (Å²) in [6.45, 7) is 0. The Morgan fingerprint density at radius 2 is 1.94 bits per heavy atom. The third-order valence-corrected chi connectivity index (χ3v) is 3.26. The molecule has 2 aromatic heterocycles. The molecule has 1 atom stereocenters. The van der Waals surface area contributed by atoms with Gasteiger partial charge >= 0.3 is 0 Å². The molecule has 2 aromatic rings. The number of hydrogen-bond acceptors (Lipinski definition) is 4. The summed E-state index contributed by atoms with van der Waals surface area (Å²) >= 11 is 1.72. The fraction of sp³-hybridized carbons (Fsp3) is 0.250. The lowest BCUT2D eigenvalue weighted by Crippen LogP contribution is -2.38. The number of hydrogen-bond donors (Lipinski definition) is 2. The minimum Gasteiger partial charge on any atom is -0.271 e. The van der Waals surface area contributed by atoms with Crippen molar-refractivity contribution in [2.75, 3.05) is 0 Å². The second-order valence-electron chi connectivity index (χ2n) is 3.76. The van der Waals surface area contributed by atoms with E-state index in [2.05, 4.69) is 27.2 Å². The summed E-state index contributed by atoms with van der Waals surface area (Å²) in [5.74, 6) is 5.57. The summed E-state index contributed by atoms with van der Waals surface area (Å²) in [6, 6.07) is 6.47. The molecule has 0 radical (unpaired) electrons. The van der Waals surface area contributed by atoms with Crippen molar-refractivity contribution in [2.45, 2.75) is 18.9 Å². The molecule has 3 N–H and O–H groups in total. The zero-order valence-corrected chi connectivity index (χ0v) is 9.78. The SMILES string of the molecule is NNC(Cc1ccncc1)Cc1ccsc1. The van der Waals surface area contributed by atoms with Crippen molar-refractivity contribution < 1.29 is 0 Å². The first-order valence-corrected chi connectivity index (χ1v) is 6.19. The van der Waals surface area contributed by atoms with Crippen LogP contribution < -0.4 is 11.3 Å². The topological polar surface area (TPSA) is 50.9 Å². The molecule has 84 valence electrons. The number of nitrogens with one attached hydrogen (secondary N) is 1. The van der Waals surface area contributed by atoms with Gasteiger partial charge in [-0.15, -0.1) is 0 Å². The van der Waals surface area contributed by atoms with Crippen molar-refractivity contribution in [3.8, 4) is 0 Å². The Hall–Kier alpha value is -1.23. The number of nitrogens with zero attached hydrogens (tertiary/aromatic N) is 1. The predicted octanol–water partition coefficient (Wildman–Crippen LogP) is 1.76. The third-order valence-electron chi connectivity index (χ3n) is 2.53. The Morgan fingerprint density at radius 1 is 1.19 bits per heavy atom. The van der Waals surface area contributed by atoms with Crippen molar-refractivity contribution in [3.63, 3.8) is 0 Å². The second kappa shape index (κ2) is 5.75. The highest BCUT2D eigenvalue weighted by atomic mass is 32.1. The fourth-order valence-electron chi connectivity index (χ4n) is 1.69. The van der Waals surface area contributed by atoms with Gasteiger partial charge in [-0.1, -0.05) is 0 Å². The molecule has 0 saturated heterocycles. The Bertz CT molecular complexity index is 399. The van der Waals surface area contributed by atoms with E-state index < -0.39 is 0 Å². The fourth-order valence-corrected chi connectivity index (χ4v) is 2.37. The minimum absolute atomic E-state index is 0.275. The Balaban J connectivity index is 1.96. The third kappa shape index (κ3) is 3.13. The molecule has 0 aliphatic carbocycles. The summed E-state index contributed by atoms with van der Waals surface area (Å²) in [7, 11) is 0. The van der Waals surface area contributed by atoms with Crippen LogP contribution in [0.5, 0.6) is 0 Å². The molecule has 0 aliphatic heterocycles. The summed E-state index contributed by atoms with van der Waals surface area (Å²) in [5.41, 5.74) is 5.47. The quantitative estimate of drug-likeness (QED) is 0.611. The summed E-state index contributed by atoms with van der Waals surface area (Å²) in [5, 5.41) is 4.26. The summed E-state index contributed by atoms with van der Waals surface area (Å²) in [4.78, 5) is 4.00. The van der Waals surface area contributed by atoms with Crippen LogP contribution in [0, 0.1) is 0 Å². The van der Waals surface area contributed by atoms with Crippen LogP contribution in [0.2, 0.25) is 0 Å². The van der Waals surface area contributed by atoms with Crippen molar-refractivity contribution in [3.05, 3.63) is 52.5 Å². The molecule has 2 rings (SSSR count). The molecule has 0 aromatic carbocycles. The summed E-state index contributed by atoms with van der Waals surface area (Å²) < 4.78 is 0. The Labute approximate surface area is 99.3 Å². The number of hydrazine groups is 1. The van der Waals surface area contributed by atoms with Crippen molar-refractivity contribution in [1.82, 2.24) is 10.4 Å². The molecule has 0 fully saturated rings. The largest absolute Gasteiger partial charge is 0.271 e. The summed E-state index contributed by atoms with van der Waals surface area (Å²) in [6.07, 6.45) is 5.51. The van der Waals surface area contributed by atoms with Gasteiger partial charge in [-0.25, -0.2) is 0 Å². The van der Waals surface area contributed by atoms with E-state index in [0.717, 1.165) is 12.8 Å². The van der Waals surface area contributed by atoms with Crippen molar-refractivity contribution in [1.29, 1.82) is 0 Å². The smallest absolute Gasteiger partial charge is 0.0291 e. The second-order valence-corrected chi connectivity index (χ2v) is 4.54. The van der Waals surface area contributed by atoms with Gasteiger partial charge in [0, 0.05) is 18.4 Å². The number of aromatic nitrogens is 1. The number of nitrogens with two attached hydrogens (primary N) is 1. The van der Waals surface area contributed by atoms with E-state index in [1.807, 2.05) is 24.5 Å². The Morgan fingerprint density at radius 3 is 2.56 bits per heavy atom. The lowest BCUT2D eigenvalue weighted by Gasteiger charge is -2.14. The molecular weight excluding hydrogens is 218 g/mol. The standard InChI is InChI=1S/C12H15N3S/c13-15-12(8-11-3-6-16-9-11)7-10-1-4-14-5-2-10/h1-6,9,12,15H,7-8,13H2. The average molecular weight is 233 g/mol. The van der Waals surface area contributed by atoms with Gasteiger partial charge in [0.25, 0.3) is 0 Å². The van der Waals surface area contributed by atoms with Crippen LogP contribution in [0.15, 0.2) is 41.4 Å². The maximum atomic E-state index is 5.57. The molecular formula is C12H15N3S. The number of rotatable bonds is 5. The van der Waals surface area contributed by atoms with Gasteiger partial charge < -0.3 is 0 Å². The molecule has 1 unspecified atom stereocenters. The van der Waals surface area contributed by atoms with Crippen LogP contribution in [0.4, 0.5) is 0 Å². The predicted molar refractivity (Wildman–Crippen MR) is 67.1 cm³/mol. The molecule has 4 heteroatoms. The van der Waals surface area contributed by atoms with Gasteiger partial charge in [0.2, 0.25) is 0 Å². The molecule has 16 heavy (non-hydrogen) atoms. The van der Waals surface area contributed by atoms with Crippen molar-refractivity contribution in [2.24, 2.45) is 5.84 Å². The van der Waals surface area contributed by atoms with Gasteiger partial charge in [0.05, 0.1) is 0 Å². The maximum absolute atomic E-state index is 5.57. The molecule has 0 amide bonds. The highest BCUT2D eigenvalue weighted by Crippen LogP contribution is 2.11. The molecule has 0 bridgehead atoms.